The molecule has 0 saturated heterocycles. The van der Waals surface area contributed by atoms with Gasteiger partial charge in [-0.15, -0.1) is 0 Å². The lowest BCUT2D eigenvalue weighted by Gasteiger charge is -2.09. The van der Waals surface area contributed by atoms with Crippen molar-refractivity contribution >= 4 is 11.9 Å². The molecule has 0 unspecified atom stereocenters. The summed E-state index contributed by atoms with van der Waals surface area (Å²) in [5.74, 6) is -0.816. The number of aromatic carboxylic acids is 1. The molecular weight excluding hydrogens is 274 g/mol. The number of amides is 1. The molecule has 0 spiro atoms. The molecule has 21 heavy (non-hydrogen) atoms. The first kappa shape index (κ1) is 14.6. The number of hydrogen-bond donors (Lipinski definition) is 2. The number of carbonyl (C=O) groups is 2. The number of ether oxygens (including phenoxy) is 1. The first-order valence-electron chi connectivity index (χ1n) is 6.28. The summed E-state index contributed by atoms with van der Waals surface area (Å²) >= 11 is 0. The van der Waals surface area contributed by atoms with E-state index in [0.717, 1.165) is 0 Å². The van der Waals surface area contributed by atoms with Crippen LogP contribution in [-0.2, 0) is 6.54 Å². The second kappa shape index (κ2) is 6.56. The average Bonchev–Trinajstić information content (AvgIpc) is 2.96. The molecule has 7 heteroatoms. The van der Waals surface area contributed by atoms with Gasteiger partial charge in [-0.2, -0.15) is 0 Å². The highest BCUT2D eigenvalue weighted by molar-refractivity contribution is 5.96. The number of nitrogens with one attached hydrogen (secondary N) is 1. The van der Waals surface area contributed by atoms with Crippen LogP contribution in [0.25, 0.3) is 0 Å². The summed E-state index contributed by atoms with van der Waals surface area (Å²) in [4.78, 5) is 26.4. The summed E-state index contributed by atoms with van der Waals surface area (Å²) in [6, 6.07) is 6.93. The molecule has 0 bridgehead atoms. The molecule has 0 aliphatic rings. The van der Waals surface area contributed by atoms with E-state index in [0.29, 0.717) is 24.4 Å². The van der Waals surface area contributed by atoms with Crippen molar-refractivity contribution < 1.29 is 19.4 Å². The van der Waals surface area contributed by atoms with E-state index >= 15 is 0 Å². The molecule has 1 aromatic carbocycles. The van der Waals surface area contributed by atoms with Gasteiger partial charge in [0.05, 0.1) is 19.0 Å². The Bertz CT molecular complexity index is 651. The fourth-order valence-electron chi connectivity index (χ4n) is 1.82. The predicted molar refractivity (Wildman–Crippen MR) is 74.5 cm³/mol. The van der Waals surface area contributed by atoms with Gasteiger partial charge >= 0.3 is 5.97 Å². The van der Waals surface area contributed by atoms with Gasteiger partial charge in [0.25, 0.3) is 5.91 Å². The smallest absolute Gasteiger partial charge is 0.356 e. The summed E-state index contributed by atoms with van der Waals surface area (Å²) in [5, 5.41) is 11.5. The van der Waals surface area contributed by atoms with Crippen LogP contribution in [0.2, 0.25) is 0 Å². The second-order valence-electron chi connectivity index (χ2n) is 4.26. The van der Waals surface area contributed by atoms with Gasteiger partial charge < -0.3 is 19.7 Å². The van der Waals surface area contributed by atoms with Crippen LogP contribution in [0.15, 0.2) is 36.8 Å². The van der Waals surface area contributed by atoms with Gasteiger partial charge in [-0.25, -0.2) is 9.78 Å². The lowest BCUT2D eigenvalue weighted by atomic mass is 10.2. The maximum atomic E-state index is 12.0. The first-order chi connectivity index (χ1) is 10.1. The standard InChI is InChI=1S/C14H15N3O4/c1-21-12-5-3-2-4-10(12)13(18)15-6-7-17-8-11(14(19)20)16-9-17/h2-5,8-9H,6-7H2,1H3,(H,15,18)(H,19,20). The van der Waals surface area contributed by atoms with Crippen LogP contribution in [0.1, 0.15) is 20.8 Å². The summed E-state index contributed by atoms with van der Waals surface area (Å²) < 4.78 is 6.72. The Labute approximate surface area is 121 Å². The molecule has 1 amide bonds. The molecule has 1 heterocycles. The number of benzene rings is 1. The zero-order valence-corrected chi connectivity index (χ0v) is 11.4. The van der Waals surface area contributed by atoms with E-state index in [9.17, 15) is 9.59 Å². The van der Waals surface area contributed by atoms with E-state index in [1.807, 2.05) is 0 Å². The Morgan fingerprint density at radius 2 is 2.14 bits per heavy atom. The lowest BCUT2D eigenvalue weighted by Crippen LogP contribution is -2.27. The highest BCUT2D eigenvalue weighted by atomic mass is 16.5. The maximum absolute atomic E-state index is 12.0. The van der Waals surface area contributed by atoms with Crippen LogP contribution in [0, 0.1) is 0 Å². The fourth-order valence-corrected chi connectivity index (χ4v) is 1.82. The van der Waals surface area contributed by atoms with Gasteiger partial charge in [0, 0.05) is 19.3 Å². The third-order valence-electron chi connectivity index (χ3n) is 2.86. The monoisotopic (exact) mass is 289 g/mol. The zero-order chi connectivity index (χ0) is 15.2. The van der Waals surface area contributed by atoms with Crippen LogP contribution in [0.4, 0.5) is 0 Å². The van der Waals surface area contributed by atoms with Gasteiger partial charge in [0.1, 0.15) is 5.75 Å². The number of carbonyl (C=O) groups excluding carboxylic acids is 1. The molecule has 1 aromatic heterocycles. The molecular formula is C14H15N3O4. The molecule has 7 nitrogen and oxygen atoms in total. The quantitative estimate of drug-likeness (QED) is 0.828. The van der Waals surface area contributed by atoms with Crippen molar-refractivity contribution in [3.63, 3.8) is 0 Å². The normalized spacial score (nSPS) is 10.1. The van der Waals surface area contributed by atoms with Crippen LogP contribution >= 0.6 is 0 Å². The molecule has 2 aromatic rings. The molecule has 0 fully saturated rings. The minimum absolute atomic E-state index is 0.0222. The van der Waals surface area contributed by atoms with Crippen molar-refractivity contribution in [2.45, 2.75) is 6.54 Å². The molecule has 0 saturated carbocycles. The number of aromatic nitrogens is 2. The Hall–Kier alpha value is -2.83. The van der Waals surface area contributed by atoms with E-state index in [4.69, 9.17) is 9.84 Å². The van der Waals surface area contributed by atoms with E-state index < -0.39 is 5.97 Å². The number of carboxylic acid groups (broad SMARTS) is 1. The van der Waals surface area contributed by atoms with Crippen molar-refractivity contribution in [3.8, 4) is 5.75 Å². The van der Waals surface area contributed by atoms with Crippen LogP contribution < -0.4 is 10.1 Å². The van der Waals surface area contributed by atoms with Crippen molar-refractivity contribution in [3.05, 3.63) is 48.0 Å². The summed E-state index contributed by atoms with van der Waals surface area (Å²) in [5.41, 5.74) is 0.433. The molecule has 0 aliphatic heterocycles. The molecule has 110 valence electrons. The largest absolute Gasteiger partial charge is 0.496 e. The topological polar surface area (TPSA) is 93.5 Å². The molecule has 0 radical (unpaired) electrons. The van der Waals surface area contributed by atoms with Crippen molar-refractivity contribution in [1.29, 1.82) is 0 Å². The summed E-state index contributed by atoms with van der Waals surface area (Å²) in [7, 11) is 1.50. The van der Waals surface area contributed by atoms with Gasteiger partial charge in [0.2, 0.25) is 0 Å². The Morgan fingerprint density at radius 3 is 2.81 bits per heavy atom. The highest BCUT2D eigenvalue weighted by Gasteiger charge is 2.11. The van der Waals surface area contributed by atoms with E-state index in [1.165, 1.54) is 19.6 Å². The Balaban J connectivity index is 1.90. The van der Waals surface area contributed by atoms with E-state index in [2.05, 4.69) is 10.3 Å². The van der Waals surface area contributed by atoms with E-state index in [1.54, 1.807) is 28.8 Å². The third kappa shape index (κ3) is 3.59. The number of nitrogens with zero attached hydrogens (tertiary/aromatic N) is 2. The third-order valence-corrected chi connectivity index (χ3v) is 2.86. The lowest BCUT2D eigenvalue weighted by molar-refractivity contribution is 0.0690. The number of imidazole rings is 1. The van der Waals surface area contributed by atoms with Gasteiger partial charge in [-0.05, 0) is 12.1 Å². The zero-order valence-electron chi connectivity index (χ0n) is 11.4. The van der Waals surface area contributed by atoms with Crippen LogP contribution in [0.3, 0.4) is 0 Å². The Morgan fingerprint density at radius 1 is 1.38 bits per heavy atom. The number of hydrogen-bond acceptors (Lipinski definition) is 4. The maximum Gasteiger partial charge on any atom is 0.356 e. The second-order valence-corrected chi connectivity index (χ2v) is 4.26. The van der Waals surface area contributed by atoms with Gasteiger partial charge in [-0.3, -0.25) is 4.79 Å². The summed E-state index contributed by atoms with van der Waals surface area (Å²) in [6.07, 6.45) is 2.83. The van der Waals surface area contributed by atoms with E-state index in [-0.39, 0.29) is 11.6 Å². The predicted octanol–water partition coefficient (Wildman–Crippen LogP) is 1.02. The fraction of sp³-hybridized carbons (Fsp3) is 0.214. The first-order valence-corrected chi connectivity index (χ1v) is 6.28. The highest BCUT2D eigenvalue weighted by Crippen LogP contribution is 2.16. The number of rotatable bonds is 6. The minimum atomic E-state index is -1.08. The molecule has 0 atom stereocenters. The molecule has 2 N–H and O–H groups in total. The number of para-hydroxylation sites is 1. The Kier molecular flexibility index (Phi) is 4.55. The number of carboxylic acids is 1. The van der Waals surface area contributed by atoms with Gasteiger partial charge in [0.15, 0.2) is 5.69 Å². The SMILES string of the molecule is COc1ccccc1C(=O)NCCn1cnc(C(=O)O)c1. The summed E-state index contributed by atoms with van der Waals surface area (Å²) in [6.45, 7) is 0.785. The van der Waals surface area contributed by atoms with Crippen molar-refractivity contribution in [2.75, 3.05) is 13.7 Å². The van der Waals surface area contributed by atoms with Crippen molar-refractivity contribution in [1.82, 2.24) is 14.9 Å². The average molecular weight is 289 g/mol. The van der Waals surface area contributed by atoms with Crippen LogP contribution in [0.5, 0.6) is 5.75 Å². The molecule has 0 aliphatic carbocycles. The van der Waals surface area contributed by atoms with Gasteiger partial charge in [-0.1, -0.05) is 12.1 Å². The van der Waals surface area contributed by atoms with Crippen molar-refractivity contribution in [2.24, 2.45) is 0 Å². The minimum Gasteiger partial charge on any atom is -0.496 e. The van der Waals surface area contributed by atoms with Crippen LogP contribution in [-0.4, -0.2) is 40.2 Å². The molecule has 2 rings (SSSR count). The number of methoxy groups -OCH3 is 1.